The van der Waals surface area contributed by atoms with Crippen LogP contribution in [0.2, 0.25) is 0 Å². The van der Waals surface area contributed by atoms with Gasteiger partial charge in [0.05, 0.1) is 11.2 Å². The summed E-state index contributed by atoms with van der Waals surface area (Å²) in [5.74, 6) is 0.923. The van der Waals surface area contributed by atoms with E-state index >= 15 is 0 Å². The summed E-state index contributed by atoms with van der Waals surface area (Å²) in [6, 6.07) is 0.484. The van der Waals surface area contributed by atoms with Crippen molar-refractivity contribution in [1.29, 1.82) is 0 Å². The molecule has 0 radical (unpaired) electrons. The molecule has 1 aliphatic heterocycles. The van der Waals surface area contributed by atoms with Gasteiger partial charge in [0.25, 0.3) is 0 Å². The fourth-order valence-corrected chi connectivity index (χ4v) is 3.80. The van der Waals surface area contributed by atoms with Crippen LogP contribution in [0.15, 0.2) is 10.3 Å². The quantitative estimate of drug-likeness (QED) is 0.854. The second-order valence-electron chi connectivity index (χ2n) is 5.73. The van der Waals surface area contributed by atoms with E-state index in [9.17, 15) is 4.79 Å². The van der Waals surface area contributed by atoms with Gasteiger partial charge in [0.1, 0.15) is 5.82 Å². The van der Waals surface area contributed by atoms with Crippen molar-refractivity contribution in [2.45, 2.75) is 45.3 Å². The lowest BCUT2D eigenvalue weighted by Crippen LogP contribution is -2.32. The van der Waals surface area contributed by atoms with Gasteiger partial charge < -0.3 is 0 Å². The molecule has 7 heteroatoms. The van der Waals surface area contributed by atoms with Crippen LogP contribution in [-0.4, -0.2) is 37.3 Å². The number of aryl methyl sites for hydroxylation is 3. The van der Waals surface area contributed by atoms with E-state index in [0.29, 0.717) is 6.04 Å². The first-order valence-electron chi connectivity index (χ1n) is 7.28. The molecule has 0 bridgehead atoms. The Balaban J connectivity index is 1.69. The summed E-state index contributed by atoms with van der Waals surface area (Å²) in [5, 5.41) is 4.34. The third-order valence-electron chi connectivity index (χ3n) is 4.33. The zero-order valence-electron chi connectivity index (χ0n) is 12.7. The molecule has 0 saturated carbocycles. The molecule has 2 aromatic rings. The first kappa shape index (κ1) is 14.5. The lowest BCUT2D eigenvalue weighted by molar-refractivity contribution is 0.211. The molecular formula is C14H21N5OS. The average Bonchev–Trinajstić information content (AvgIpc) is 2.88. The van der Waals surface area contributed by atoms with Crippen molar-refractivity contribution in [2.75, 3.05) is 7.05 Å². The molecule has 1 atom stereocenters. The van der Waals surface area contributed by atoms with Crippen LogP contribution >= 0.6 is 11.3 Å². The number of rotatable bonds is 3. The maximum Gasteiger partial charge on any atom is 0.345 e. The van der Waals surface area contributed by atoms with Crippen molar-refractivity contribution < 1.29 is 0 Å². The van der Waals surface area contributed by atoms with E-state index in [2.05, 4.69) is 29.0 Å². The van der Waals surface area contributed by atoms with E-state index in [1.807, 2.05) is 10.1 Å². The van der Waals surface area contributed by atoms with E-state index in [1.165, 1.54) is 9.56 Å². The van der Waals surface area contributed by atoms with Crippen molar-refractivity contribution in [3.63, 3.8) is 0 Å². The van der Waals surface area contributed by atoms with Crippen molar-refractivity contribution in [1.82, 2.24) is 24.2 Å². The number of aromatic nitrogens is 4. The molecule has 3 rings (SSSR count). The maximum absolute atomic E-state index is 12.0. The predicted octanol–water partition coefficient (Wildman–Crippen LogP) is 1.18. The Bertz CT molecular complexity index is 686. The van der Waals surface area contributed by atoms with Crippen LogP contribution in [0.5, 0.6) is 0 Å². The van der Waals surface area contributed by atoms with E-state index < -0.39 is 0 Å². The Morgan fingerprint density at radius 3 is 3.00 bits per heavy atom. The van der Waals surface area contributed by atoms with Gasteiger partial charge in [-0.15, -0.1) is 11.3 Å². The van der Waals surface area contributed by atoms with Crippen LogP contribution < -0.4 is 5.69 Å². The summed E-state index contributed by atoms with van der Waals surface area (Å²) < 4.78 is 3.27. The van der Waals surface area contributed by atoms with Gasteiger partial charge in [-0.3, -0.25) is 9.47 Å². The van der Waals surface area contributed by atoms with E-state index in [-0.39, 0.29) is 5.69 Å². The molecule has 2 aromatic heterocycles. The van der Waals surface area contributed by atoms with Crippen molar-refractivity contribution in [2.24, 2.45) is 7.05 Å². The van der Waals surface area contributed by atoms with Crippen LogP contribution in [-0.2, 0) is 26.6 Å². The molecule has 21 heavy (non-hydrogen) atoms. The Morgan fingerprint density at radius 1 is 1.48 bits per heavy atom. The van der Waals surface area contributed by atoms with Gasteiger partial charge in [0, 0.05) is 37.5 Å². The average molecular weight is 307 g/mol. The largest absolute Gasteiger partial charge is 0.345 e. The fraction of sp³-hybridized carbons (Fsp3) is 0.643. The van der Waals surface area contributed by atoms with Gasteiger partial charge in [-0.25, -0.2) is 14.5 Å². The standard InChI is InChI=1S/C14H21N5OS/c1-10-12(21-9-15-10)8-17(2)11-4-5-13-16-18(3)14(20)19(13)7-6-11/h9,11H,4-8H2,1-3H3. The third kappa shape index (κ3) is 2.80. The molecule has 6 nitrogen and oxygen atoms in total. The lowest BCUT2D eigenvalue weighted by atomic mass is 10.1. The van der Waals surface area contributed by atoms with Gasteiger partial charge in [-0.2, -0.15) is 5.10 Å². The molecule has 0 fully saturated rings. The first-order chi connectivity index (χ1) is 10.1. The Morgan fingerprint density at radius 2 is 2.29 bits per heavy atom. The van der Waals surface area contributed by atoms with Gasteiger partial charge in [0.15, 0.2) is 0 Å². The number of hydrogen-bond acceptors (Lipinski definition) is 5. The van der Waals surface area contributed by atoms with E-state index in [4.69, 9.17) is 0 Å². The monoisotopic (exact) mass is 307 g/mol. The van der Waals surface area contributed by atoms with Crippen LogP contribution in [0.3, 0.4) is 0 Å². The van der Waals surface area contributed by atoms with Crippen LogP contribution in [0.25, 0.3) is 0 Å². The highest BCUT2D eigenvalue weighted by atomic mass is 32.1. The second-order valence-corrected chi connectivity index (χ2v) is 6.67. The smallest absolute Gasteiger partial charge is 0.298 e. The molecule has 114 valence electrons. The summed E-state index contributed by atoms with van der Waals surface area (Å²) >= 11 is 1.72. The number of nitrogens with zero attached hydrogens (tertiary/aromatic N) is 5. The highest BCUT2D eigenvalue weighted by Crippen LogP contribution is 2.20. The van der Waals surface area contributed by atoms with Crippen molar-refractivity contribution in [3.05, 3.63) is 32.4 Å². The topological polar surface area (TPSA) is 56.0 Å². The Kier molecular flexibility index (Phi) is 3.95. The Labute approximate surface area is 128 Å². The molecular weight excluding hydrogens is 286 g/mol. The predicted molar refractivity (Wildman–Crippen MR) is 82.5 cm³/mol. The van der Waals surface area contributed by atoms with E-state index in [0.717, 1.165) is 43.9 Å². The lowest BCUT2D eigenvalue weighted by Gasteiger charge is -2.26. The highest BCUT2D eigenvalue weighted by molar-refractivity contribution is 7.09. The molecule has 0 aliphatic carbocycles. The van der Waals surface area contributed by atoms with Crippen LogP contribution in [0.4, 0.5) is 0 Å². The zero-order valence-corrected chi connectivity index (χ0v) is 13.6. The van der Waals surface area contributed by atoms with Crippen LogP contribution in [0, 0.1) is 6.92 Å². The van der Waals surface area contributed by atoms with Gasteiger partial charge >= 0.3 is 5.69 Å². The van der Waals surface area contributed by atoms with Gasteiger partial charge in [-0.1, -0.05) is 0 Å². The second kappa shape index (κ2) is 5.73. The third-order valence-corrected chi connectivity index (χ3v) is 5.25. The normalized spacial score (nSPS) is 18.8. The minimum Gasteiger partial charge on any atom is -0.298 e. The molecule has 0 spiro atoms. The van der Waals surface area contributed by atoms with Crippen LogP contribution in [0.1, 0.15) is 29.2 Å². The summed E-state index contributed by atoms with van der Waals surface area (Å²) in [6.07, 6.45) is 2.91. The SMILES string of the molecule is Cc1ncsc1CN(C)C1CCc2nn(C)c(=O)n2CC1. The summed E-state index contributed by atoms with van der Waals surface area (Å²) in [5.41, 5.74) is 3.04. The first-order valence-corrected chi connectivity index (χ1v) is 8.16. The molecule has 1 aliphatic rings. The minimum absolute atomic E-state index is 0.00612. The summed E-state index contributed by atoms with van der Waals surface area (Å²) in [4.78, 5) is 20.0. The van der Waals surface area contributed by atoms with Crippen molar-refractivity contribution in [3.8, 4) is 0 Å². The highest BCUT2D eigenvalue weighted by Gasteiger charge is 2.23. The molecule has 1 unspecified atom stereocenters. The Hall–Kier alpha value is -1.47. The molecule has 0 N–H and O–H groups in total. The number of hydrogen-bond donors (Lipinski definition) is 0. The number of fused-ring (bicyclic) bond motifs is 1. The maximum atomic E-state index is 12.0. The number of thiazole rings is 1. The van der Waals surface area contributed by atoms with Crippen molar-refractivity contribution >= 4 is 11.3 Å². The molecule has 3 heterocycles. The summed E-state index contributed by atoms with van der Waals surface area (Å²) in [6.45, 7) is 3.76. The summed E-state index contributed by atoms with van der Waals surface area (Å²) in [7, 11) is 3.89. The van der Waals surface area contributed by atoms with Gasteiger partial charge in [-0.05, 0) is 26.8 Å². The molecule has 0 amide bonds. The molecule has 0 aromatic carbocycles. The minimum atomic E-state index is 0.00612. The molecule has 0 saturated heterocycles. The fourth-order valence-electron chi connectivity index (χ4n) is 2.96. The van der Waals surface area contributed by atoms with E-state index in [1.54, 1.807) is 18.4 Å². The van der Waals surface area contributed by atoms with Gasteiger partial charge in [0.2, 0.25) is 0 Å². The zero-order chi connectivity index (χ0) is 15.0.